The standard InChI is InChI=1S/C24H38.C17H32/c1-3-5-19-7-11-21(12-8-19)23-15-17-24(18-16-23)22-13-9-20(6-4-2)10-14-22;1-3-5-15-8-12-17(13-9-15)16-10-6-14(4-2)7-11-16/h7-8,11-12,20,22-24H,3-6,9-10,13-18H2,1-2H3;14-17H,3-13H2,1-2H3. The molecule has 41 heavy (non-hydrogen) atoms. The quantitative estimate of drug-likeness (QED) is 0.266. The van der Waals surface area contributed by atoms with Crippen molar-refractivity contribution in [3.63, 3.8) is 0 Å². The van der Waals surface area contributed by atoms with E-state index in [1.807, 2.05) is 0 Å². The maximum atomic E-state index is 2.42. The Morgan fingerprint density at radius 1 is 0.439 bits per heavy atom. The molecule has 1 aromatic rings. The third kappa shape index (κ3) is 10.4. The van der Waals surface area contributed by atoms with Gasteiger partial charge in [0, 0.05) is 0 Å². The molecule has 0 nitrogen and oxygen atoms in total. The molecular weight excluding hydrogens is 492 g/mol. The number of aryl methyl sites for hydroxylation is 1. The second kappa shape index (κ2) is 18.1. The van der Waals surface area contributed by atoms with Crippen LogP contribution in [0.25, 0.3) is 0 Å². The van der Waals surface area contributed by atoms with Crippen LogP contribution in [0.5, 0.6) is 0 Å². The first-order valence-corrected chi connectivity index (χ1v) is 19.2. The van der Waals surface area contributed by atoms with Crippen LogP contribution >= 0.6 is 0 Å². The maximum absolute atomic E-state index is 2.42. The van der Waals surface area contributed by atoms with Crippen LogP contribution in [0.2, 0.25) is 0 Å². The predicted octanol–water partition coefficient (Wildman–Crippen LogP) is 13.3. The minimum atomic E-state index is 0.841. The third-order valence-electron chi connectivity index (χ3n) is 12.7. The fraction of sp³-hybridized carbons (Fsp3) is 0.854. The molecule has 0 saturated heterocycles. The molecular formula is C41H70. The van der Waals surface area contributed by atoms with E-state index in [1.165, 1.54) is 115 Å². The Morgan fingerprint density at radius 2 is 0.829 bits per heavy atom. The van der Waals surface area contributed by atoms with Gasteiger partial charge in [-0.25, -0.2) is 0 Å². The van der Waals surface area contributed by atoms with Gasteiger partial charge in [-0.15, -0.1) is 0 Å². The van der Waals surface area contributed by atoms with Gasteiger partial charge in [0.2, 0.25) is 0 Å². The summed E-state index contributed by atoms with van der Waals surface area (Å²) in [6.07, 6.45) is 34.1. The van der Waals surface area contributed by atoms with Gasteiger partial charge in [-0.2, -0.15) is 0 Å². The van der Waals surface area contributed by atoms with E-state index in [4.69, 9.17) is 0 Å². The Labute approximate surface area is 257 Å². The summed E-state index contributed by atoms with van der Waals surface area (Å²) in [6.45, 7) is 9.34. The Bertz CT molecular complexity index is 774. The minimum absolute atomic E-state index is 0.841. The first kappa shape index (κ1) is 33.1. The third-order valence-corrected chi connectivity index (χ3v) is 12.7. The van der Waals surface area contributed by atoms with Crippen LogP contribution in [0.15, 0.2) is 24.3 Å². The largest absolute Gasteiger partial charge is 0.0654 e. The zero-order valence-corrected chi connectivity index (χ0v) is 28.2. The summed E-state index contributed by atoms with van der Waals surface area (Å²) >= 11 is 0. The Kier molecular flexibility index (Phi) is 14.6. The average Bonchev–Trinajstić information content (AvgIpc) is 3.03. The lowest BCUT2D eigenvalue weighted by Crippen LogP contribution is -2.25. The molecule has 4 aliphatic carbocycles. The summed E-state index contributed by atoms with van der Waals surface area (Å²) in [5.74, 6) is 8.39. The van der Waals surface area contributed by atoms with E-state index < -0.39 is 0 Å². The molecule has 4 saturated carbocycles. The monoisotopic (exact) mass is 563 g/mol. The molecule has 0 unspecified atom stereocenters. The van der Waals surface area contributed by atoms with Crippen molar-refractivity contribution in [2.75, 3.05) is 0 Å². The maximum Gasteiger partial charge on any atom is -0.0162 e. The van der Waals surface area contributed by atoms with E-state index in [2.05, 4.69) is 52.0 Å². The molecule has 0 amide bonds. The Morgan fingerprint density at radius 3 is 1.20 bits per heavy atom. The highest BCUT2D eigenvalue weighted by Gasteiger charge is 2.32. The van der Waals surface area contributed by atoms with Crippen LogP contribution in [-0.4, -0.2) is 0 Å². The summed E-state index contributed by atoms with van der Waals surface area (Å²) in [7, 11) is 0. The molecule has 0 N–H and O–H groups in total. The number of rotatable bonds is 10. The van der Waals surface area contributed by atoms with Crippen LogP contribution in [0, 0.1) is 41.4 Å². The van der Waals surface area contributed by atoms with Gasteiger partial charge in [0.15, 0.2) is 0 Å². The summed E-state index contributed by atoms with van der Waals surface area (Å²) in [6, 6.07) is 9.59. The van der Waals surface area contributed by atoms with Crippen molar-refractivity contribution in [1.29, 1.82) is 0 Å². The van der Waals surface area contributed by atoms with Crippen LogP contribution in [0.4, 0.5) is 0 Å². The van der Waals surface area contributed by atoms with Gasteiger partial charge in [0.1, 0.15) is 0 Å². The summed E-state index contributed by atoms with van der Waals surface area (Å²) < 4.78 is 0. The van der Waals surface area contributed by atoms with Crippen LogP contribution in [0.3, 0.4) is 0 Å². The van der Waals surface area contributed by atoms with Crippen molar-refractivity contribution in [3.05, 3.63) is 35.4 Å². The van der Waals surface area contributed by atoms with E-state index >= 15 is 0 Å². The number of hydrogen-bond donors (Lipinski definition) is 0. The van der Waals surface area contributed by atoms with E-state index in [1.54, 1.807) is 44.1 Å². The molecule has 5 rings (SSSR count). The molecule has 0 bridgehead atoms. The molecule has 0 aliphatic heterocycles. The second-order valence-corrected chi connectivity index (χ2v) is 15.4. The molecule has 0 radical (unpaired) electrons. The van der Waals surface area contributed by atoms with Gasteiger partial charge in [-0.1, -0.05) is 129 Å². The van der Waals surface area contributed by atoms with Crippen LogP contribution in [-0.2, 0) is 6.42 Å². The zero-order valence-electron chi connectivity index (χ0n) is 28.2. The van der Waals surface area contributed by atoms with Crippen LogP contribution in [0.1, 0.15) is 186 Å². The molecule has 0 aromatic heterocycles. The molecule has 4 aliphatic rings. The lowest BCUT2D eigenvalue weighted by molar-refractivity contribution is 0.142. The van der Waals surface area contributed by atoms with Gasteiger partial charge in [0.25, 0.3) is 0 Å². The molecule has 0 spiro atoms. The summed E-state index contributed by atoms with van der Waals surface area (Å²) in [4.78, 5) is 0. The van der Waals surface area contributed by atoms with Gasteiger partial charge in [-0.3, -0.25) is 0 Å². The predicted molar refractivity (Wildman–Crippen MR) is 182 cm³/mol. The van der Waals surface area contributed by atoms with Crippen LogP contribution < -0.4 is 0 Å². The highest BCUT2D eigenvalue weighted by molar-refractivity contribution is 5.26. The molecule has 0 heterocycles. The fourth-order valence-electron chi connectivity index (χ4n) is 9.95. The zero-order chi connectivity index (χ0) is 28.9. The first-order valence-electron chi connectivity index (χ1n) is 19.2. The van der Waals surface area contributed by atoms with Crippen molar-refractivity contribution in [2.45, 2.75) is 181 Å². The molecule has 0 atom stereocenters. The van der Waals surface area contributed by atoms with E-state index in [0.29, 0.717) is 0 Å². The van der Waals surface area contributed by atoms with Crippen molar-refractivity contribution in [1.82, 2.24) is 0 Å². The van der Waals surface area contributed by atoms with Gasteiger partial charge >= 0.3 is 0 Å². The summed E-state index contributed by atoms with van der Waals surface area (Å²) in [5.41, 5.74) is 3.12. The van der Waals surface area contributed by atoms with E-state index in [-0.39, 0.29) is 0 Å². The van der Waals surface area contributed by atoms with Gasteiger partial charge < -0.3 is 0 Å². The molecule has 4 fully saturated rings. The van der Waals surface area contributed by atoms with Crippen molar-refractivity contribution < 1.29 is 0 Å². The molecule has 0 heteroatoms. The van der Waals surface area contributed by atoms with E-state index in [0.717, 1.165) is 47.3 Å². The van der Waals surface area contributed by atoms with Crippen molar-refractivity contribution >= 4 is 0 Å². The summed E-state index contributed by atoms with van der Waals surface area (Å²) in [5, 5.41) is 0. The topological polar surface area (TPSA) is 0 Å². The van der Waals surface area contributed by atoms with Gasteiger partial charge in [-0.05, 0) is 129 Å². The Hall–Kier alpha value is -0.780. The lowest BCUT2D eigenvalue weighted by atomic mass is 9.68. The van der Waals surface area contributed by atoms with Crippen molar-refractivity contribution in [3.8, 4) is 0 Å². The number of benzene rings is 1. The Balaban J connectivity index is 0.000000201. The van der Waals surface area contributed by atoms with Crippen molar-refractivity contribution in [2.24, 2.45) is 41.4 Å². The van der Waals surface area contributed by atoms with Gasteiger partial charge in [0.05, 0.1) is 0 Å². The highest BCUT2D eigenvalue weighted by atomic mass is 14.4. The number of hydrogen-bond acceptors (Lipinski definition) is 0. The van der Waals surface area contributed by atoms with E-state index in [9.17, 15) is 0 Å². The fourth-order valence-corrected chi connectivity index (χ4v) is 9.95. The second-order valence-electron chi connectivity index (χ2n) is 15.4. The normalized spacial score (nSPS) is 34.4. The molecule has 234 valence electrons. The first-order chi connectivity index (χ1) is 20.1. The smallest absolute Gasteiger partial charge is 0.0162 e. The molecule has 1 aromatic carbocycles. The lowest BCUT2D eigenvalue weighted by Gasteiger charge is -2.38. The highest BCUT2D eigenvalue weighted by Crippen LogP contribution is 2.45. The average molecular weight is 563 g/mol. The minimum Gasteiger partial charge on any atom is -0.0654 e. The SMILES string of the molecule is CCCC1CCC(C2CCC(CC)CC2)CC1.CCCc1ccc(C2CCC(C3CCC(CCC)CC3)CC2)cc1.